The molecule has 0 atom stereocenters. The number of rotatable bonds is 5. The van der Waals surface area contributed by atoms with Gasteiger partial charge in [-0.15, -0.1) is 0 Å². The number of hydrogen-bond donors (Lipinski definition) is 2. The number of nitrogens with one attached hydrogen (secondary N) is 1. The summed E-state index contributed by atoms with van der Waals surface area (Å²) in [6.45, 7) is 14.8. The summed E-state index contributed by atoms with van der Waals surface area (Å²) < 4.78 is 0. The van der Waals surface area contributed by atoms with E-state index in [0.717, 1.165) is 6.42 Å². The predicted octanol–water partition coefficient (Wildman–Crippen LogP) is 2.90. The third-order valence-electron chi connectivity index (χ3n) is 2.56. The summed E-state index contributed by atoms with van der Waals surface area (Å²) in [5.41, 5.74) is -0.510. The zero-order valence-corrected chi connectivity index (χ0v) is 11.8. The van der Waals surface area contributed by atoms with Crippen LogP contribution in [0.5, 0.6) is 0 Å². The maximum absolute atomic E-state index is 11.0. The topological polar surface area (TPSA) is 49.3 Å². The molecule has 0 aromatic carbocycles. The van der Waals surface area contributed by atoms with Crippen LogP contribution >= 0.6 is 0 Å². The molecule has 0 fully saturated rings. The molecule has 0 rings (SSSR count). The molecule has 3 heteroatoms. The molecule has 0 aromatic rings. The van der Waals surface area contributed by atoms with E-state index in [0.29, 0.717) is 6.54 Å². The van der Waals surface area contributed by atoms with Gasteiger partial charge in [-0.05, 0) is 39.5 Å². The fraction of sp³-hybridized carbons (Fsp3) is 0.923. The normalized spacial score (nSPS) is 13.9. The Morgan fingerprint density at radius 3 is 1.81 bits per heavy atom. The molecule has 0 unspecified atom stereocenters. The molecular weight excluding hydrogens is 202 g/mol. The molecule has 0 aliphatic heterocycles. The van der Waals surface area contributed by atoms with Gasteiger partial charge in [-0.3, -0.25) is 4.79 Å². The number of aliphatic carboxylic acids is 1. The van der Waals surface area contributed by atoms with Crippen molar-refractivity contribution in [3.05, 3.63) is 0 Å². The van der Waals surface area contributed by atoms with E-state index >= 15 is 0 Å². The monoisotopic (exact) mass is 229 g/mol. The van der Waals surface area contributed by atoms with E-state index in [1.807, 2.05) is 0 Å². The summed E-state index contributed by atoms with van der Waals surface area (Å²) >= 11 is 0. The maximum Gasteiger partial charge on any atom is 0.310 e. The first-order valence-electron chi connectivity index (χ1n) is 5.84. The van der Waals surface area contributed by atoms with Crippen molar-refractivity contribution >= 4 is 5.97 Å². The van der Waals surface area contributed by atoms with Gasteiger partial charge >= 0.3 is 5.97 Å². The van der Waals surface area contributed by atoms with E-state index in [1.54, 1.807) is 13.8 Å². The highest BCUT2D eigenvalue weighted by molar-refractivity contribution is 5.73. The van der Waals surface area contributed by atoms with Crippen molar-refractivity contribution in [2.45, 2.75) is 60.4 Å². The SMILES string of the molecule is CC(C)(C)CC(C)(C)NCC(C)(C)C(=O)O. The second-order valence-corrected chi connectivity index (χ2v) is 7.16. The van der Waals surface area contributed by atoms with Gasteiger partial charge in [0.05, 0.1) is 5.41 Å². The van der Waals surface area contributed by atoms with Crippen molar-refractivity contribution in [1.82, 2.24) is 5.32 Å². The quantitative estimate of drug-likeness (QED) is 0.762. The van der Waals surface area contributed by atoms with Crippen LogP contribution in [0, 0.1) is 10.8 Å². The largest absolute Gasteiger partial charge is 0.481 e. The smallest absolute Gasteiger partial charge is 0.310 e. The molecule has 0 aliphatic carbocycles. The van der Waals surface area contributed by atoms with Crippen molar-refractivity contribution < 1.29 is 9.90 Å². The Balaban J connectivity index is 4.35. The number of carboxylic acids is 1. The van der Waals surface area contributed by atoms with E-state index in [2.05, 4.69) is 39.9 Å². The zero-order chi connectivity index (χ0) is 13.2. The Bertz CT molecular complexity index is 249. The van der Waals surface area contributed by atoms with Crippen LogP contribution in [0.3, 0.4) is 0 Å². The highest BCUT2D eigenvalue weighted by Gasteiger charge is 2.31. The van der Waals surface area contributed by atoms with E-state index in [-0.39, 0.29) is 11.0 Å². The van der Waals surface area contributed by atoms with Gasteiger partial charge in [0.1, 0.15) is 0 Å². The van der Waals surface area contributed by atoms with Gasteiger partial charge in [0.25, 0.3) is 0 Å². The van der Waals surface area contributed by atoms with Crippen LogP contribution in [0.25, 0.3) is 0 Å². The van der Waals surface area contributed by atoms with Gasteiger partial charge in [-0.25, -0.2) is 0 Å². The van der Waals surface area contributed by atoms with Crippen molar-refractivity contribution in [2.75, 3.05) is 6.54 Å². The lowest BCUT2D eigenvalue weighted by molar-refractivity contribution is -0.146. The highest BCUT2D eigenvalue weighted by Crippen LogP contribution is 2.27. The number of carbonyl (C=O) groups is 1. The first kappa shape index (κ1) is 15.4. The van der Waals surface area contributed by atoms with Crippen LogP contribution in [-0.2, 0) is 4.79 Å². The lowest BCUT2D eigenvalue weighted by Crippen LogP contribution is -2.48. The van der Waals surface area contributed by atoms with Crippen LogP contribution in [0.15, 0.2) is 0 Å². The minimum Gasteiger partial charge on any atom is -0.481 e. The molecule has 0 radical (unpaired) electrons. The number of carboxylic acid groups (broad SMARTS) is 1. The fourth-order valence-corrected chi connectivity index (χ4v) is 1.92. The van der Waals surface area contributed by atoms with Gasteiger partial charge in [-0.2, -0.15) is 0 Å². The third kappa shape index (κ3) is 6.11. The molecule has 96 valence electrons. The summed E-state index contributed by atoms with van der Waals surface area (Å²) in [6.07, 6.45) is 1.01. The van der Waals surface area contributed by atoms with Crippen LogP contribution in [0.1, 0.15) is 54.9 Å². The predicted molar refractivity (Wildman–Crippen MR) is 67.6 cm³/mol. The minimum atomic E-state index is -0.758. The molecule has 0 saturated heterocycles. The highest BCUT2D eigenvalue weighted by atomic mass is 16.4. The molecule has 16 heavy (non-hydrogen) atoms. The molecular formula is C13H27NO2. The Kier molecular flexibility index (Phi) is 4.57. The molecule has 3 nitrogen and oxygen atoms in total. The van der Waals surface area contributed by atoms with Crippen LogP contribution in [0.2, 0.25) is 0 Å². The zero-order valence-electron chi connectivity index (χ0n) is 11.8. The van der Waals surface area contributed by atoms with Gasteiger partial charge < -0.3 is 10.4 Å². The maximum atomic E-state index is 11.0. The van der Waals surface area contributed by atoms with E-state index in [9.17, 15) is 4.79 Å². The molecule has 0 aromatic heterocycles. The molecule has 0 aliphatic rings. The van der Waals surface area contributed by atoms with Gasteiger partial charge in [-0.1, -0.05) is 20.8 Å². The summed E-state index contributed by atoms with van der Waals surface area (Å²) in [5, 5.41) is 12.4. The summed E-state index contributed by atoms with van der Waals surface area (Å²) in [7, 11) is 0. The molecule has 0 bridgehead atoms. The Labute approximate surface area is 99.6 Å². The van der Waals surface area contributed by atoms with Crippen molar-refractivity contribution in [1.29, 1.82) is 0 Å². The lowest BCUT2D eigenvalue weighted by Gasteiger charge is -2.35. The second-order valence-electron chi connectivity index (χ2n) is 7.16. The van der Waals surface area contributed by atoms with E-state index < -0.39 is 11.4 Å². The molecule has 0 amide bonds. The summed E-state index contributed by atoms with van der Waals surface area (Å²) in [6, 6.07) is 0. The van der Waals surface area contributed by atoms with Crippen LogP contribution in [0.4, 0.5) is 0 Å². The Morgan fingerprint density at radius 1 is 1.06 bits per heavy atom. The molecule has 0 heterocycles. The van der Waals surface area contributed by atoms with Crippen molar-refractivity contribution in [3.8, 4) is 0 Å². The first-order valence-corrected chi connectivity index (χ1v) is 5.84. The van der Waals surface area contributed by atoms with Gasteiger partial charge in [0, 0.05) is 12.1 Å². The third-order valence-corrected chi connectivity index (χ3v) is 2.56. The Hall–Kier alpha value is -0.570. The Morgan fingerprint density at radius 2 is 1.50 bits per heavy atom. The van der Waals surface area contributed by atoms with E-state index in [1.165, 1.54) is 0 Å². The van der Waals surface area contributed by atoms with Crippen LogP contribution < -0.4 is 5.32 Å². The summed E-state index contributed by atoms with van der Waals surface area (Å²) in [5.74, 6) is -0.758. The van der Waals surface area contributed by atoms with Crippen molar-refractivity contribution in [2.24, 2.45) is 10.8 Å². The lowest BCUT2D eigenvalue weighted by atomic mass is 9.81. The molecule has 0 spiro atoms. The summed E-state index contributed by atoms with van der Waals surface area (Å²) in [4.78, 5) is 11.0. The van der Waals surface area contributed by atoms with Gasteiger partial charge in [0.2, 0.25) is 0 Å². The average molecular weight is 229 g/mol. The van der Waals surface area contributed by atoms with Gasteiger partial charge in [0.15, 0.2) is 0 Å². The van der Waals surface area contributed by atoms with Crippen LogP contribution in [-0.4, -0.2) is 23.2 Å². The molecule has 0 saturated carbocycles. The first-order chi connectivity index (χ1) is 6.86. The standard InChI is InChI=1S/C13H27NO2/c1-11(2,3)8-13(6,7)14-9-12(4,5)10(15)16/h14H,8-9H2,1-7H3,(H,15,16). The molecule has 2 N–H and O–H groups in total. The second kappa shape index (κ2) is 4.74. The van der Waals surface area contributed by atoms with Crippen molar-refractivity contribution in [3.63, 3.8) is 0 Å². The minimum absolute atomic E-state index is 0.0367. The number of hydrogen-bond acceptors (Lipinski definition) is 2. The van der Waals surface area contributed by atoms with E-state index in [4.69, 9.17) is 5.11 Å². The fourth-order valence-electron chi connectivity index (χ4n) is 1.92. The average Bonchev–Trinajstić information content (AvgIpc) is 1.96.